The van der Waals surface area contributed by atoms with Crippen LogP contribution >= 0.6 is 0 Å². The second kappa shape index (κ2) is 6.71. The second-order valence-electron chi connectivity index (χ2n) is 5.68. The Labute approximate surface area is 132 Å². The summed E-state index contributed by atoms with van der Waals surface area (Å²) in [7, 11) is 1.73. The third kappa shape index (κ3) is 3.34. The summed E-state index contributed by atoms with van der Waals surface area (Å²) in [6, 6.07) is 16.4. The highest BCUT2D eigenvalue weighted by molar-refractivity contribution is 5.58. The summed E-state index contributed by atoms with van der Waals surface area (Å²) >= 11 is 0. The number of methoxy groups -OCH3 is 1. The molecule has 2 N–H and O–H groups in total. The average molecular weight is 297 g/mol. The van der Waals surface area contributed by atoms with E-state index in [1.165, 1.54) is 11.3 Å². The van der Waals surface area contributed by atoms with Gasteiger partial charge in [0.15, 0.2) is 0 Å². The lowest BCUT2D eigenvalue weighted by atomic mass is 10.1. The van der Waals surface area contributed by atoms with Crippen LogP contribution in [0.15, 0.2) is 48.5 Å². The number of benzene rings is 2. The predicted molar refractivity (Wildman–Crippen MR) is 91.3 cm³/mol. The Bertz CT molecular complexity index is 604. The van der Waals surface area contributed by atoms with Crippen LogP contribution in [0.1, 0.15) is 5.56 Å². The Balaban J connectivity index is 1.59. The maximum Gasteiger partial charge on any atom is 0.142 e. The molecule has 0 atom stereocenters. The molecule has 1 saturated heterocycles. The zero-order chi connectivity index (χ0) is 15.4. The van der Waals surface area contributed by atoms with Crippen LogP contribution in [0.3, 0.4) is 0 Å². The molecule has 4 nitrogen and oxygen atoms in total. The van der Waals surface area contributed by atoms with Crippen molar-refractivity contribution in [3.8, 4) is 5.75 Å². The molecule has 0 aromatic heterocycles. The zero-order valence-corrected chi connectivity index (χ0v) is 13.0. The van der Waals surface area contributed by atoms with Gasteiger partial charge in [-0.3, -0.25) is 4.90 Å². The Hall–Kier alpha value is -2.20. The molecule has 0 aliphatic carbocycles. The smallest absolute Gasteiger partial charge is 0.142 e. The molecule has 116 valence electrons. The number of anilines is 2. The first-order valence-electron chi connectivity index (χ1n) is 7.71. The summed E-state index contributed by atoms with van der Waals surface area (Å²) in [5, 5.41) is 0. The van der Waals surface area contributed by atoms with E-state index in [9.17, 15) is 0 Å². The van der Waals surface area contributed by atoms with Crippen LogP contribution in [0.4, 0.5) is 11.4 Å². The van der Waals surface area contributed by atoms with Gasteiger partial charge in [0, 0.05) is 38.4 Å². The van der Waals surface area contributed by atoms with Crippen molar-refractivity contribution in [1.29, 1.82) is 0 Å². The van der Waals surface area contributed by atoms with E-state index in [-0.39, 0.29) is 0 Å². The minimum atomic E-state index is 0.824. The molecule has 1 fully saturated rings. The molecular formula is C18H23N3O. The van der Waals surface area contributed by atoms with Gasteiger partial charge in [-0.1, -0.05) is 24.3 Å². The Morgan fingerprint density at radius 1 is 0.955 bits per heavy atom. The molecule has 2 aromatic rings. The standard InChI is InChI=1S/C18H23N3O/c1-22-18-5-3-2-4-17(18)21-12-10-20(11-13-21)14-15-6-8-16(19)9-7-15/h2-9H,10-14,19H2,1H3. The van der Waals surface area contributed by atoms with E-state index in [1.54, 1.807) is 7.11 Å². The largest absolute Gasteiger partial charge is 0.495 e. The van der Waals surface area contributed by atoms with E-state index in [4.69, 9.17) is 10.5 Å². The van der Waals surface area contributed by atoms with Gasteiger partial charge >= 0.3 is 0 Å². The molecular weight excluding hydrogens is 274 g/mol. The maximum atomic E-state index is 5.74. The predicted octanol–water partition coefficient (Wildman–Crippen LogP) is 2.60. The van der Waals surface area contributed by atoms with Crippen LogP contribution in [0, 0.1) is 0 Å². The van der Waals surface area contributed by atoms with Gasteiger partial charge in [0.2, 0.25) is 0 Å². The van der Waals surface area contributed by atoms with Crippen LogP contribution in [0.5, 0.6) is 5.75 Å². The minimum absolute atomic E-state index is 0.824. The van der Waals surface area contributed by atoms with E-state index in [2.05, 4.69) is 34.1 Å². The van der Waals surface area contributed by atoms with Crippen molar-refractivity contribution in [3.63, 3.8) is 0 Å². The van der Waals surface area contributed by atoms with Crippen molar-refractivity contribution in [1.82, 2.24) is 4.90 Å². The van der Waals surface area contributed by atoms with E-state index in [1.807, 2.05) is 24.3 Å². The number of para-hydroxylation sites is 2. The van der Waals surface area contributed by atoms with E-state index in [0.717, 1.165) is 44.2 Å². The molecule has 0 saturated carbocycles. The molecule has 0 bridgehead atoms. The van der Waals surface area contributed by atoms with Crippen molar-refractivity contribution < 1.29 is 4.74 Å². The maximum absolute atomic E-state index is 5.74. The van der Waals surface area contributed by atoms with Gasteiger partial charge in [0.25, 0.3) is 0 Å². The second-order valence-corrected chi connectivity index (χ2v) is 5.68. The number of nitrogens with two attached hydrogens (primary N) is 1. The monoisotopic (exact) mass is 297 g/mol. The van der Waals surface area contributed by atoms with Crippen molar-refractivity contribution in [2.24, 2.45) is 0 Å². The van der Waals surface area contributed by atoms with Crippen molar-refractivity contribution in [2.75, 3.05) is 43.9 Å². The number of rotatable bonds is 4. The summed E-state index contributed by atoms with van der Waals surface area (Å²) in [6.45, 7) is 5.15. The Morgan fingerprint density at radius 2 is 1.64 bits per heavy atom. The number of nitrogen functional groups attached to an aromatic ring is 1. The summed E-state index contributed by atoms with van der Waals surface area (Å²) in [5.41, 5.74) is 9.07. The molecule has 0 amide bonds. The van der Waals surface area contributed by atoms with E-state index >= 15 is 0 Å². The van der Waals surface area contributed by atoms with Gasteiger partial charge < -0.3 is 15.4 Å². The van der Waals surface area contributed by atoms with Gasteiger partial charge in [-0.2, -0.15) is 0 Å². The van der Waals surface area contributed by atoms with Crippen molar-refractivity contribution in [2.45, 2.75) is 6.54 Å². The normalized spacial score (nSPS) is 15.8. The minimum Gasteiger partial charge on any atom is -0.495 e. The molecule has 4 heteroatoms. The molecule has 1 heterocycles. The van der Waals surface area contributed by atoms with E-state index in [0.29, 0.717) is 0 Å². The molecule has 0 spiro atoms. The van der Waals surface area contributed by atoms with Crippen molar-refractivity contribution in [3.05, 3.63) is 54.1 Å². The van der Waals surface area contributed by atoms with Gasteiger partial charge in [-0.05, 0) is 29.8 Å². The summed E-state index contributed by atoms with van der Waals surface area (Å²) < 4.78 is 5.47. The number of nitrogens with zero attached hydrogens (tertiary/aromatic N) is 2. The lowest BCUT2D eigenvalue weighted by Crippen LogP contribution is -2.46. The zero-order valence-electron chi connectivity index (χ0n) is 13.0. The molecule has 2 aromatic carbocycles. The fraction of sp³-hybridized carbons (Fsp3) is 0.333. The van der Waals surface area contributed by atoms with Gasteiger partial charge in [-0.15, -0.1) is 0 Å². The number of hydrogen-bond acceptors (Lipinski definition) is 4. The summed E-state index contributed by atoms with van der Waals surface area (Å²) in [6.07, 6.45) is 0. The van der Waals surface area contributed by atoms with Crippen LogP contribution < -0.4 is 15.4 Å². The van der Waals surface area contributed by atoms with Crippen LogP contribution in [0.25, 0.3) is 0 Å². The summed E-state index contributed by atoms with van der Waals surface area (Å²) in [5.74, 6) is 0.953. The van der Waals surface area contributed by atoms with Crippen LogP contribution in [0.2, 0.25) is 0 Å². The van der Waals surface area contributed by atoms with E-state index < -0.39 is 0 Å². The molecule has 1 aliphatic heterocycles. The molecule has 22 heavy (non-hydrogen) atoms. The van der Waals surface area contributed by atoms with Crippen LogP contribution in [-0.4, -0.2) is 38.2 Å². The molecule has 1 aliphatic rings. The first-order valence-corrected chi connectivity index (χ1v) is 7.71. The van der Waals surface area contributed by atoms with Crippen LogP contribution in [-0.2, 0) is 6.54 Å². The Morgan fingerprint density at radius 3 is 2.32 bits per heavy atom. The van der Waals surface area contributed by atoms with Gasteiger partial charge in [0.05, 0.1) is 12.8 Å². The highest BCUT2D eigenvalue weighted by Crippen LogP contribution is 2.28. The number of hydrogen-bond donors (Lipinski definition) is 1. The highest BCUT2D eigenvalue weighted by atomic mass is 16.5. The molecule has 3 rings (SSSR count). The number of ether oxygens (including phenoxy) is 1. The van der Waals surface area contributed by atoms with Gasteiger partial charge in [-0.25, -0.2) is 0 Å². The summed E-state index contributed by atoms with van der Waals surface area (Å²) in [4.78, 5) is 4.88. The first-order chi connectivity index (χ1) is 10.8. The molecule has 0 unspecified atom stereocenters. The lowest BCUT2D eigenvalue weighted by molar-refractivity contribution is 0.249. The fourth-order valence-electron chi connectivity index (χ4n) is 2.92. The SMILES string of the molecule is COc1ccccc1N1CCN(Cc2ccc(N)cc2)CC1. The first kappa shape index (κ1) is 14.7. The van der Waals surface area contributed by atoms with Crippen molar-refractivity contribution >= 4 is 11.4 Å². The topological polar surface area (TPSA) is 41.7 Å². The third-order valence-electron chi connectivity index (χ3n) is 4.18. The lowest BCUT2D eigenvalue weighted by Gasteiger charge is -2.36. The van der Waals surface area contributed by atoms with Gasteiger partial charge in [0.1, 0.15) is 5.75 Å². The third-order valence-corrected chi connectivity index (χ3v) is 4.18. The average Bonchev–Trinajstić information content (AvgIpc) is 2.58. The number of piperazine rings is 1. The quantitative estimate of drug-likeness (QED) is 0.881. The highest BCUT2D eigenvalue weighted by Gasteiger charge is 2.19. The molecule has 0 radical (unpaired) electrons. The Kier molecular flexibility index (Phi) is 4.49. The fourth-order valence-corrected chi connectivity index (χ4v) is 2.92.